The Hall–Kier alpha value is -4.04. The Morgan fingerprint density at radius 3 is 2.69 bits per heavy atom. The summed E-state index contributed by atoms with van der Waals surface area (Å²) in [5.74, 6) is -0.0124. The van der Waals surface area contributed by atoms with Crippen LogP contribution < -0.4 is 15.5 Å². The zero-order chi connectivity index (χ0) is 24.4. The van der Waals surface area contributed by atoms with Crippen molar-refractivity contribution in [2.45, 2.75) is 32.4 Å². The Morgan fingerprint density at radius 2 is 1.97 bits per heavy atom. The maximum Gasteiger partial charge on any atom is 0.224 e. The van der Waals surface area contributed by atoms with Gasteiger partial charge in [0.05, 0.1) is 23.6 Å². The van der Waals surface area contributed by atoms with E-state index in [4.69, 9.17) is 12.2 Å². The highest BCUT2D eigenvalue weighted by Crippen LogP contribution is 2.42. The molecule has 4 heterocycles. The van der Waals surface area contributed by atoms with Gasteiger partial charge in [-0.25, -0.2) is 0 Å². The summed E-state index contributed by atoms with van der Waals surface area (Å²) in [6.45, 7) is 3.83. The number of aromatic nitrogens is 3. The molecule has 0 saturated carbocycles. The molecule has 1 aliphatic rings. The van der Waals surface area contributed by atoms with Crippen molar-refractivity contribution in [3.63, 3.8) is 0 Å². The van der Waals surface area contributed by atoms with Gasteiger partial charge in [0, 0.05) is 42.1 Å². The van der Waals surface area contributed by atoms with E-state index in [1.807, 2.05) is 74.8 Å². The van der Waals surface area contributed by atoms with E-state index in [2.05, 4.69) is 42.2 Å². The lowest BCUT2D eigenvalue weighted by molar-refractivity contribution is -0.115. The number of nitrogens with one attached hydrogen (secondary N) is 2. The molecule has 1 amide bonds. The van der Waals surface area contributed by atoms with E-state index in [9.17, 15) is 4.79 Å². The van der Waals surface area contributed by atoms with Crippen LogP contribution in [0.2, 0.25) is 0 Å². The monoisotopic (exact) mass is 482 g/mol. The zero-order valence-electron chi connectivity index (χ0n) is 19.6. The van der Waals surface area contributed by atoms with Crippen molar-refractivity contribution in [3.05, 3.63) is 102 Å². The van der Waals surface area contributed by atoms with Crippen LogP contribution in [0.25, 0.3) is 5.69 Å². The van der Waals surface area contributed by atoms with Crippen LogP contribution in [0.15, 0.2) is 85.5 Å². The van der Waals surface area contributed by atoms with Crippen molar-refractivity contribution in [1.29, 1.82) is 0 Å². The van der Waals surface area contributed by atoms with E-state index < -0.39 is 0 Å². The van der Waals surface area contributed by atoms with Crippen molar-refractivity contribution in [3.8, 4) is 5.69 Å². The van der Waals surface area contributed by atoms with E-state index in [1.165, 1.54) is 0 Å². The Bertz CT molecular complexity index is 1350. The van der Waals surface area contributed by atoms with Gasteiger partial charge in [-0.3, -0.25) is 14.8 Å². The first-order valence-corrected chi connectivity index (χ1v) is 12.0. The van der Waals surface area contributed by atoms with Crippen LogP contribution >= 0.6 is 12.2 Å². The summed E-state index contributed by atoms with van der Waals surface area (Å²) in [4.78, 5) is 23.0. The van der Waals surface area contributed by atoms with Gasteiger partial charge in [0.15, 0.2) is 5.11 Å². The number of rotatable bonds is 6. The first kappa shape index (κ1) is 22.7. The molecular formula is C27H26N6OS. The van der Waals surface area contributed by atoms with E-state index in [0.717, 1.165) is 34.0 Å². The molecule has 7 nitrogen and oxygen atoms in total. The average molecular weight is 483 g/mol. The van der Waals surface area contributed by atoms with Crippen molar-refractivity contribution < 1.29 is 4.79 Å². The standard InChI is InChI=1S/C27H26N6OS/c1-3-24(34)30-21-12-11-19(16-18(21)2)33-26(25(31-27(33)35)22-9-4-5-14-29-22)23-10-7-15-32(23)20-8-6-13-28-17-20/h4-17,25-26H,3H2,1-2H3,(H,30,34)(H,31,35). The summed E-state index contributed by atoms with van der Waals surface area (Å²) in [5, 5.41) is 7.09. The number of amides is 1. The third kappa shape index (κ3) is 4.40. The molecular weight excluding hydrogens is 456 g/mol. The molecule has 2 atom stereocenters. The minimum absolute atomic E-state index is 0.0124. The van der Waals surface area contributed by atoms with Gasteiger partial charge in [-0.2, -0.15) is 0 Å². The van der Waals surface area contributed by atoms with E-state index in [-0.39, 0.29) is 18.0 Å². The summed E-state index contributed by atoms with van der Waals surface area (Å²) in [6.07, 6.45) is 7.88. The maximum absolute atomic E-state index is 11.9. The van der Waals surface area contributed by atoms with Crippen molar-refractivity contribution in [2.24, 2.45) is 0 Å². The lowest BCUT2D eigenvalue weighted by atomic mass is 10.0. The van der Waals surface area contributed by atoms with Crippen molar-refractivity contribution in [1.82, 2.24) is 19.9 Å². The molecule has 1 aromatic carbocycles. The molecule has 3 aromatic heterocycles. The molecule has 1 fully saturated rings. The number of benzene rings is 1. The summed E-state index contributed by atoms with van der Waals surface area (Å²) < 4.78 is 2.14. The van der Waals surface area contributed by atoms with Crippen LogP contribution in [-0.2, 0) is 4.79 Å². The Balaban J connectivity index is 1.61. The molecule has 1 aliphatic heterocycles. The number of carbonyl (C=O) groups excluding carboxylic acids is 1. The van der Waals surface area contributed by atoms with Crippen LogP contribution in [0, 0.1) is 6.92 Å². The highest BCUT2D eigenvalue weighted by molar-refractivity contribution is 7.80. The molecule has 0 spiro atoms. The van der Waals surface area contributed by atoms with Crippen LogP contribution in [-0.4, -0.2) is 25.6 Å². The Morgan fingerprint density at radius 1 is 1.09 bits per heavy atom. The summed E-state index contributed by atoms with van der Waals surface area (Å²) >= 11 is 5.87. The SMILES string of the molecule is CCC(=O)Nc1ccc(N2C(=S)NC(c3ccccn3)C2c2cccn2-c2cccnc2)cc1C. The molecule has 0 bridgehead atoms. The fourth-order valence-electron chi connectivity index (χ4n) is 4.48. The van der Waals surface area contributed by atoms with Crippen molar-refractivity contribution in [2.75, 3.05) is 10.2 Å². The lowest BCUT2D eigenvalue weighted by Crippen LogP contribution is -2.30. The predicted molar refractivity (Wildman–Crippen MR) is 142 cm³/mol. The fraction of sp³-hybridized carbons (Fsp3) is 0.185. The number of nitrogens with zero attached hydrogens (tertiary/aromatic N) is 4. The van der Waals surface area contributed by atoms with E-state index >= 15 is 0 Å². The van der Waals surface area contributed by atoms with Gasteiger partial charge >= 0.3 is 0 Å². The first-order valence-electron chi connectivity index (χ1n) is 11.6. The molecule has 2 unspecified atom stereocenters. The molecule has 4 aromatic rings. The number of hydrogen-bond acceptors (Lipinski definition) is 4. The molecule has 35 heavy (non-hydrogen) atoms. The summed E-state index contributed by atoms with van der Waals surface area (Å²) in [6, 6.07) is 19.7. The molecule has 2 N–H and O–H groups in total. The lowest BCUT2D eigenvalue weighted by Gasteiger charge is -2.29. The Kier molecular flexibility index (Phi) is 6.29. The number of pyridine rings is 2. The number of carbonyl (C=O) groups is 1. The quantitative estimate of drug-likeness (QED) is 0.373. The molecule has 1 saturated heterocycles. The molecule has 5 rings (SSSR count). The topological polar surface area (TPSA) is 75.1 Å². The van der Waals surface area contributed by atoms with Crippen LogP contribution in [0.1, 0.15) is 42.4 Å². The average Bonchev–Trinajstić information content (AvgIpc) is 3.50. The summed E-state index contributed by atoms with van der Waals surface area (Å²) in [5.41, 5.74) is 5.65. The molecule has 0 radical (unpaired) electrons. The maximum atomic E-state index is 11.9. The van der Waals surface area contributed by atoms with Gasteiger partial charge < -0.3 is 20.1 Å². The summed E-state index contributed by atoms with van der Waals surface area (Å²) in [7, 11) is 0. The predicted octanol–water partition coefficient (Wildman–Crippen LogP) is 5.10. The van der Waals surface area contributed by atoms with Crippen molar-refractivity contribution >= 4 is 34.6 Å². The zero-order valence-corrected chi connectivity index (χ0v) is 20.4. The largest absolute Gasteiger partial charge is 0.351 e. The second-order valence-corrected chi connectivity index (χ2v) is 8.80. The minimum atomic E-state index is -0.164. The first-order chi connectivity index (χ1) is 17.1. The van der Waals surface area contributed by atoms with Gasteiger partial charge in [0.2, 0.25) is 5.91 Å². The number of aryl methyl sites for hydroxylation is 1. The number of anilines is 2. The smallest absolute Gasteiger partial charge is 0.224 e. The van der Waals surface area contributed by atoms with Gasteiger partial charge in [-0.15, -0.1) is 0 Å². The van der Waals surface area contributed by atoms with Gasteiger partial charge in [-0.05, 0) is 79.3 Å². The normalized spacial score (nSPS) is 17.3. The Labute approximate surface area is 209 Å². The van der Waals surface area contributed by atoms with Crippen LogP contribution in [0.4, 0.5) is 11.4 Å². The van der Waals surface area contributed by atoms with E-state index in [1.54, 1.807) is 12.4 Å². The van der Waals surface area contributed by atoms with Crippen LogP contribution in [0.5, 0.6) is 0 Å². The molecule has 176 valence electrons. The highest BCUT2D eigenvalue weighted by atomic mass is 32.1. The molecule has 0 aliphatic carbocycles. The highest BCUT2D eigenvalue weighted by Gasteiger charge is 2.42. The number of hydrogen-bond donors (Lipinski definition) is 2. The second-order valence-electron chi connectivity index (χ2n) is 8.41. The van der Waals surface area contributed by atoms with Gasteiger partial charge in [-0.1, -0.05) is 13.0 Å². The van der Waals surface area contributed by atoms with E-state index in [0.29, 0.717) is 11.5 Å². The third-order valence-corrected chi connectivity index (χ3v) is 6.50. The minimum Gasteiger partial charge on any atom is -0.351 e. The fourth-order valence-corrected chi connectivity index (χ4v) is 4.82. The second kappa shape index (κ2) is 9.68. The van der Waals surface area contributed by atoms with Gasteiger partial charge in [0.1, 0.15) is 6.04 Å². The molecule has 8 heteroatoms. The third-order valence-electron chi connectivity index (χ3n) is 6.19. The van der Waals surface area contributed by atoms with Gasteiger partial charge in [0.25, 0.3) is 0 Å². The van der Waals surface area contributed by atoms with Crippen LogP contribution in [0.3, 0.4) is 0 Å². The number of thiocarbonyl (C=S) groups is 1.